The van der Waals surface area contributed by atoms with Crippen LogP contribution in [-0.4, -0.2) is 4.92 Å². The summed E-state index contributed by atoms with van der Waals surface area (Å²) in [5.74, 6) is 0. The van der Waals surface area contributed by atoms with Gasteiger partial charge in [-0.1, -0.05) is 52.5 Å². The predicted molar refractivity (Wildman–Crippen MR) is 78.6 cm³/mol. The average Bonchev–Trinajstić information content (AvgIpc) is 2.33. The lowest BCUT2D eigenvalue weighted by Crippen LogP contribution is -1.93. The monoisotopic (exact) mass is 335 g/mol. The molecular formula is C12H5Cl4NO2. The van der Waals surface area contributed by atoms with Gasteiger partial charge in [0.25, 0.3) is 5.69 Å². The number of nitrogens with zero attached hydrogens (tertiary/aromatic N) is 1. The molecule has 0 radical (unpaired) electrons. The molecule has 19 heavy (non-hydrogen) atoms. The molecule has 0 saturated heterocycles. The lowest BCUT2D eigenvalue weighted by atomic mass is 10.0. The van der Waals surface area contributed by atoms with Gasteiger partial charge in [0.15, 0.2) is 0 Å². The minimum Gasteiger partial charge on any atom is -0.258 e. The number of nitro benzene ring substituents is 1. The van der Waals surface area contributed by atoms with E-state index in [9.17, 15) is 10.1 Å². The first kappa shape index (κ1) is 14.4. The van der Waals surface area contributed by atoms with Crippen LogP contribution in [0.25, 0.3) is 11.1 Å². The van der Waals surface area contributed by atoms with E-state index >= 15 is 0 Å². The Morgan fingerprint density at radius 1 is 0.842 bits per heavy atom. The highest BCUT2D eigenvalue weighted by atomic mass is 35.5. The van der Waals surface area contributed by atoms with E-state index in [4.69, 9.17) is 46.4 Å². The first-order chi connectivity index (χ1) is 8.91. The van der Waals surface area contributed by atoms with Crippen LogP contribution < -0.4 is 0 Å². The Morgan fingerprint density at radius 2 is 1.47 bits per heavy atom. The molecule has 2 rings (SSSR count). The second-order valence-corrected chi connectivity index (χ2v) is 5.27. The lowest BCUT2D eigenvalue weighted by molar-refractivity contribution is -0.384. The predicted octanol–water partition coefficient (Wildman–Crippen LogP) is 5.88. The van der Waals surface area contributed by atoms with Gasteiger partial charge >= 0.3 is 0 Å². The number of halogens is 4. The largest absolute Gasteiger partial charge is 0.295 e. The van der Waals surface area contributed by atoms with Gasteiger partial charge in [-0.25, -0.2) is 0 Å². The topological polar surface area (TPSA) is 43.1 Å². The molecule has 0 spiro atoms. The molecule has 98 valence electrons. The quantitative estimate of drug-likeness (QED) is 0.390. The third-order valence-electron chi connectivity index (χ3n) is 2.47. The van der Waals surface area contributed by atoms with Crippen LogP contribution in [0.4, 0.5) is 5.69 Å². The van der Waals surface area contributed by atoms with Gasteiger partial charge in [0.1, 0.15) is 5.02 Å². The zero-order valence-electron chi connectivity index (χ0n) is 9.16. The molecule has 0 amide bonds. The summed E-state index contributed by atoms with van der Waals surface area (Å²) in [6.45, 7) is 0. The van der Waals surface area contributed by atoms with E-state index in [-0.39, 0.29) is 25.8 Å². The maximum atomic E-state index is 11.1. The molecule has 0 fully saturated rings. The van der Waals surface area contributed by atoms with Crippen molar-refractivity contribution in [2.45, 2.75) is 0 Å². The van der Waals surface area contributed by atoms with Crippen molar-refractivity contribution in [2.75, 3.05) is 0 Å². The van der Waals surface area contributed by atoms with Crippen LogP contribution in [0.3, 0.4) is 0 Å². The van der Waals surface area contributed by atoms with Gasteiger partial charge in [-0.3, -0.25) is 10.1 Å². The maximum Gasteiger partial charge on any atom is 0.295 e. The van der Waals surface area contributed by atoms with Crippen molar-refractivity contribution in [3.05, 3.63) is 60.5 Å². The Hall–Kier alpha value is -1.000. The van der Waals surface area contributed by atoms with E-state index in [0.29, 0.717) is 11.1 Å². The molecule has 0 aliphatic heterocycles. The van der Waals surface area contributed by atoms with Crippen molar-refractivity contribution in [3.63, 3.8) is 0 Å². The molecular weight excluding hydrogens is 332 g/mol. The molecule has 7 heteroatoms. The highest BCUT2D eigenvalue weighted by Crippen LogP contribution is 2.41. The minimum absolute atomic E-state index is 0.0321. The van der Waals surface area contributed by atoms with Crippen LogP contribution in [0.1, 0.15) is 0 Å². The molecule has 0 aliphatic rings. The van der Waals surface area contributed by atoms with Gasteiger partial charge in [-0.05, 0) is 24.3 Å². The van der Waals surface area contributed by atoms with Crippen LogP contribution >= 0.6 is 46.4 Å². The zero-order valence-corrected chi connectivity index (χ0v) is 12.2. The average molecular weight is 337 g/mol. The second kappa shape index (κ2) is 5.55. The number of nitro groups is 1. The van der Waals surface area contributed by atoms with Crippen LogP contribution in [0.2, 0.25) is 20.1 Å². The third-order valence-corrected chi connectivity index (χ3v) is 3.81. The van der Waals surface area contributed by atoms with E-state index < -0.39 is 4.92 Å². The van der Waals surface area contributed by atoms with E-state index in [2.05, 4.69) is 0 Å². The fourth-order valence-corrected chi connectivity index (χ4v) is 2.54. The summed E-state index contributed by atoms with van der Waals surface area (Å²) in [6.07, 6.45) is 0. The fourth-order valence-electron chi connectivity index (χ4n) is 1.65. The molecule has 0 saturated carbocycles. The molecule has 0 atom stereocenters. The van der Waals surface area contributed by atoms with Gasteiger partial charge in [0.2, 0.25) is 0 Å². The Kier molecular flexibility index (Phi) is 4.21. The second-order valence-electron chi connectivity index (χ2n) is 3.64. The van der Waals surface area contributed by atoms with E-state index in [1.54, 1.807) is 12.1 Å². The van der Waals surface area contributed by atoms with Crippen molar-refractivity contribution >= 4 is 52.1 Å². The summed E-state index contributed by atoms with van der Waals surface area (Å²) < 4.78 is 0. The molecule has 2 aromatic rings. The summed E-state index contributed by atoms with van der Waals surface area (Å²) in [7, 11) is 0. The first-order valence-corrected chi connectivity index (χ1v) is 6.51. The van der Waals surface area contributed by atoms with E-state index in [1.807, 2.05) is 0 Å². The SMILES string of the molecule is O=[N+]([O-])c1c(Cl)cccc1-c1cc(Cl)c(Cl)cc1Cl. The molecule has 0 unspecified atom stereocenters. The summed E-state index contributed by atoms with van der Waals surface area (Å²) >= 11 is 23.7. The van der Waals surface area contributed by atoms with Crippen molar-refractivity contribution in [1.82, 2.24) is 0 Å². The first-order valence-electron chi connectivity index (χ1n) is 4.99. The summed E-state index contributed by atoms with van der Waals surface area (Å²) in [6, 6.07) is 7.50. The van der Waals surface area contributed by atoms with Crippen molar-refractivity contribution in [3.8, 4) is 11.1 Å². The van der Waals surface area contributed by atoms with Crippen molar-refractivity contribution in [1.29, 1.82) is 0 Å². The van der Waals surface area contributed by atoms with Gasteiger partial charge in [0.05, 0.1) is 25.6 Å². The molecule has 0 aliphatic carbocycles. The third kappa shape index (κ3) is 2.79. The molecule has 0 bridgehead atoms. The van der Waals surface area contributed by atoms with Gasteiger partial charge in [0, 0.05) is 5.56 Å². The normalized spacial score (nSPS) is 10.5. The Labute approximate surface area is 128 Å². The minimum atomic E-state index is -0.559. The molecule has 2 aromatic carbocycles. The van der Waals surface area contributed by atoms with Crippen molar-refractivity contribution in [2.24, 2.45) is 0 Å². The number of para-hydroxylation sites is 1. The molecule has 0 heterocycles. The molecule has 3 nitrogen and oxygen atoms in total. The van der Waals surface area contributed by atoms with Gasteiger partial charge in [-0.15, -0.1) is 0 Å². The van der Waals surface area contributed by atoms with Gasteiger partial charge in [-0.2, -0.15) is 0 Å². The summed E-state index contributed by atoms with van der Waals surface area (Å²) in [4.78, 5) is 10.5. The highest BCUT2D eigenvalue weighted by Gasteiger charge is 2.21. The van der Waals surface area contributed by atoms with Crippen LogP contribution in [0.15, 0.2) is 30.3 Å². The lowest BCUT2D eigenvalue weighted by Gasteiger charge is -2.08. The standard InChI is InChI=1S/C12H5Cl4NO2/c13-8-3-1-2-6(12(8)17(18)19)7-4-10(15)11(16)5-9(7)14/h1-5H. The highest BCUT2D eigenvalue weighted by molar-refractivity contribution is 6.44. The van der Waals surface area contributed by atoms with Crippen LogP contribution in [-0.2, 0) is 0 Å². The molecule has 0 aromatic heterocycles. The fraction of sp³-hybridized carbons (Fsp3) is 0. The Bertz CT molecular complexity index is 673. The number of hydrogen-bond donors (Lipinski definition) is 0. The maximum absolute atomic E-state index is 11.1. The zero-order chi connectivity index (χ0) is 14.2. The van der Waals surface area contributed by atoms with E-state index in [1.165, 1.54) is 18.2 Å². The summed E-state index contributed by atoms with van der Waals surface area (Å²) in [5, 5.41) is 11.9. The Balaban J connectivity index is 2.76. The van der Waals surface area contributed by atoms with E-state index in [0.717, 1.165) is 0 Å². The van der Waals surface area contributed by atoms with Gasteiger partial charge < -0.3 is 0 Å². The summed E-state index contributed by atoms with van der Waals surface area (Å²) in [5.41, 5.74) is 0.482. The van der Waals surface area contributed by atoms with Crippen LogP contribution in [0, 0.1) is 10.1 Å². The number of benzene rings is 2. The van der Waals surface area contributed by atoms with Crippen molar-refractivity contribution < 1.29 is 4.92 Å². The van der Waals surface area contributed by atoms with Crippen LogP contribution in [0.5, 0.6) is 0 Å². The number of rotatable bonds is 2. The Morgan fingerprint density at radius 3 is 2.11 bits per heavy atom. The number of hydrogen-bond acceptors (Lipinski definition) is 2. The molecule has 0 N–H and O–H groups in total. The smallest absolute Gasteiger partial charge is 0.258 e.